The highest BCUT2D eigenvalue weighted by atomic mass is 15.2. The fraction of sp³-hybridized carbons (Fsp3) is 0.0649. The molecule has 2 heterocycles. The van der Waals surface area contributed by atoms with E-state index in [0.717, 1.165) is 123 Å². The minimum absolute atomic E-state index is 0.295. The third-order valence-corrected chi connectivity index (χ3v) is 16.3. The molecule has 0 atom stereocenters. The van der Waals surface area contributed by atoms with E-state index in [1.54, 1.807) is 0 Å². The van der Waals surface area contributed by atoms with Crippen LogP contribution in [0.1, 0.15) is 36.0 Å². The number of para-hydroxylation sites is 2. The summed E-state index contributed by atoms with van der Waals surface area (Å²) in [6, 6.07) is 102. The lowest BCUT2D eigenvalue weighted by molar-refractivity contribution is 0.592. The van der Waals surface area contributed by atoms with Crippen LogP contribution in [0, 0.1) is 6.85 Å². The second kappa shape index (κ2) is 20.0. The van der Waals surface area contributed by atoms with Crippen LogP contribution >= 0.6 is 0 Å². The smallest absolute Gasteiger partial charge is 0.252 e. The fourth-order valence-electron chi connectivity index (χ4n) is 12.7. The zero-order valence-electron chi connectivity index (χ0n) is 48.1. The van der Waals surface area contributed by atoms with Crippen LogP contribution < -0.4 is 26.2 Å². The number of benzene rings is 12. The van der Waals surface area contributed by atoms with E-state index in [1.165, 1.54) is 5.56 Å². The van der Waals surface area contributed by atoms with Gasteiger partial charge in [0.15, 0.2) is 0 Å². The molecular formula is C77H59BN2. The Kier molecular flexibility index (Phi) is 11.3. The summed E-state index contributed by atoms with van der Waals surface area (Å²) in [5, 5.41) is 0. The number of anilines is 6. The van der Waals surface area contributed by atoms with Crippen LogP contribution in [0.4, 0.5) is 34.1 Å². The molecule has 2 aliphatic rings. The van der Waals surface area contributed by atoms with E-state index in [9.17, 15) is 4.11 Å². The van der Waals surface area contributed by atoms with Crippen LogP contribution in [0.5, 0.6) is 0 Å². The molecule has 2 nitrogen and oxygen atoms in total. The van der Waals surface area contributed by atoms with Gasteiger partial charge in [-0.1, -0.05) is 282 Å². The highest BCUT2D eigenvalue weighted by Gasteiger charge is 2.46. The van der Waals surface area contributed by atoms with Gasteiger partial charge in [0.05, 0.1) is 11.4 Å². The minimum Gasteiger partial charge on any atom is -0.310 e. The molecule has 0 N–H and O–H groups in total. The predicted octanol–water partition coefficient (Wildman–Crippen LogP) is 19.0. The van der Waals surface area contributed by atoms with Crippen LogP contribution in [0.25, 0.3) is 77.9 Å². The van der Waals surface area contributed by atoms with Crippen molar-refractivity contribution in [2.75, 3.05) is 9.80 Å². The highest BCUT2D eigenvalue weighted by molar-refractivity contribution is 7.00. The van der Waals surface area contributed by atoms with Crippen molar-refractivity contribution in [2.45, 2.75) is 33.0 Å². The molecule has 0 fully saturated rings. The van der Waals surface area contributed by atoms with Crippen molar-refractivity contribution >= 4 is 57.2 Å². The minimum atomic E-state index is -2.48. The van der Waals surface area contributed by atoms with E-state index < -0.39 is 6.85 Å². The third kappa shape index (κ3) is 8.37. The van der Waals surface area contributed by atoms with Gasteiger partial charge in [0.25, 0.3) is 6.71 Å². The summed E-state index contributed by atoms with van der Waals surface area (Å²) >= 11 is 0. The molecule has 3 heteroatoms. The first-order valence-corrected chi connectivity index (χ1v) is 27.8. The summed E-state index contributed by atoms with van der Waals surface area (Å²) in [4.78, 5) is 5.04. The molecule has 80 heavy (non-hydrogen) atoms. The Bertz CT molecular complexity index is 4000. The predicted molar refractivity (Wildman–Crippen MR) is 342 cm³/mol. The summed E-state index contributed by atoms with van der Waals surface area (Å²) in [5.74, 6) is 0. The molecule has 0 amide bonds. The Morgan fingerprint density at radius 3 is 0.988 bits per heavy atom. The van der Waals surface area contributed by atoms with E-state index in [4.69, 9.17) is 0 Å². The van der Waals surface area contributed by atoms with E-state index in [1.807, 2.05) is 36.4 Å². The maximum absolute atomic E-state index is 9.47. The van der Waals surface area contributed by atoms with Crippen molar-refractivity contribution in [3.05, 3.63) is 296 Å². The molecule has 12 aromatic carbocycles. The molecule has 0 saturated carbocycles. The number of rotatable bonds is 9. The number of hydrogen-bond acceptors (Lipinski definition) is 2. The second-order valence-electron chi connectivity index (χ2n) is 22.2. The average molecular weight is 1030 g/mol. The summed E-state index contributed by atoms with van der Waals surface area (Å²) in [7, 11) is 0. The molecule has 0 bridgehead atoms. The number of nitrogens with zero attached hydrogens (tertiary/aromatic N) is 2. The van der Waals surface area contributed by atoms with Crippen LogP contribution in [-0.4, -0.2) is 6.71 Å². The Morgan fingerprint density at radius 2 is 0.625 bits per heavy atom. The molecule has 380 valence electrons. The summed E-state index contributed by atoms with van der Waals surface area (Å²) in [6.45, 7) is 4.10. The Morgan fingerprint density at radius 1 is 0.300 bits per heavy atom. The van der Waals surface area contributed by atoms with Gasteiger partial charge >= 0.3 is 0 Å². The van der Waals surface area contributed by atoms with Gasteiger partial charge in [-0.25, -0.2) is 0 Å². The normalized spacial score (nSPS) is 13.1. The third-order valence-electron chi connectivity index (χ3n) is 16.3. The number of aryl methyl sites for hydroxylation is 1. The summed E-state index contributed by atoms with van der Waals surface area (Å²) < 4.78 is 28.4. The first kappa shape index (κ1) is 45.3. The second-order valence-corrected chi connectivity index (χ2v) is 22.2. The molecule has 14 rings (SSSR count). The maximum Gasteiger partial charge on any atom is 0.252 e. The van der Waals surface area contributed by atoms with Gasteiger partial charge in [0, 0.05) is 49.1 Å². The lowest BCUT2D eigenvalue weighted by atomic mass is 9.33. The van der Waals surface area contributed by atoms with Gasteiger partial charge in [-0.3, -0.25) is 0 Å². The van der Waals surface area contributed by atoms with Crippen molar-refractivity contribution < 1.29 is 4.11 Å². The molecule has 2 aliphatic heterocycles. The fourth-order valence-corrected chi connectivity index (χ4v) is 12.7. The van der Waals surface area contributed by atoms with Crippen LogP contribution in [0.3, 0.4) is 0 Å². The van der Waals surface area contributed by atoms with Crippen molar-refractivity contribution in [1.29, 1.82) is 0 Å². The number of fused-ring (bicyclic) bond motifs is 4. The molecule has 0 saturated heterocycles. The van der Waals surface area contributed by atoms with E-state index in [-0.39, 0.29) is 12.1 Å². The van der Waals surface area contributed by atoms with Gasteiger partial charge in [-0.2, -0.15) is 0 Å². The lowest BCUT2D eigenvalue weighted by Gasteiger charge is -2.46. The standard InChI is InChI=1S/C77H59BN2/c1-52-46-70-68(49-65(52)58-38-22-10-23-39-58)78-69-50-66(59-40-24-11-25-41-59)67(77(2,3)4)51-71(69)80(76-63(56-34-18-8-19-35-56)44-27-45-64(76)57-36-20-9-21-37-57)73-48-60(53-28-12-5-13-29-53)47-72(74(73)78)79(70)75-61(54-30-14-6-15-31-54)42-26-43-62(75)55-32-16-7-17-33-55/h5-51H,1-4H3/i1D3. The van der Waals surface area contributed by atoms with Gasteiger partial charge in [-0.15, -0.1) is 0 Å². The van der Waals surface area contributed by atoms with Gasteiger partial charge in [0.1, 0.15) is 0 Å². The van der Waals surface area contributed by atoms with Crippen molar-refractivity contribution in [2.24, 2.45) is 0 Å². The Hall–Kier alpha value is -9.70. The summed E-state index contributed by atoms with van der Waals surface area (Å²) in [6.07, 6.45) is 0. The SMILES string of the molecule is [2H]C([2H])([2H])c1cc2c(cc1-c1ccccc1)B1c3cc(-c4ccccc4)c(C(C)(C)C)cc3N(c3c(-c4ccccc4)cccc3-c3ccccc3)c3cc(-c4ccccc4)cc(c31)N2c1c(-c2ccccc2)cccc1-c1ccccc1. The van der Waals surface area contributed by atoms with Gasteiger partial charge in [0.2, 0.25) is 0 Å². The molecule has 0 unspecified atom stereocenters. The topological polar surface area (TPSA) is 6.48 Å². The van der Waals surface area contributed by atoms with Crippen LogP contribution in [0.15, 0.2) is 285 Å². The molecule has 0 spiro atoms. The van der Waals surface area contributed by atoms with Crippen molar-refractivity contribution in [3.8, 4) is 77.9 Å². The van der Waals surface area contributed by atoms with Crippen LogP contribution in [-0.2, 0) is 5.41 Å². The highest BCUT2D eigenvalue weighted by Crippen LogP contribution is 2.54. The monoisotopic (exact) mass is 1030 g/mol. The van der Waals surface area contributed by atoms with E-state index in [2.05, 4.69) is 279 Å². The van der Waals surface area contributed by atoms with E-state index >= 15 is 0 Å². The zero-order valence-corrected chi connectivity index (χ0v) is 45.1. The van der Waals surface area contributed by atoms with Gasteiger partial charge in [-0.05, 0) is 120 Å². The first-order chi connectivity index (χ1) is 40.5. The quantitative estimate of drug-likeness (QED) is 0.133. The maximum atomic E-state index is 9.47. The summed E-state index contributed by atoms with van der Waals surface area (Å²) in [5.41, 5.74) is 24.9. The first-order valence-electron chi connectivity index (χ1n) is 29.3. The van der Waals surface area contributed by atoms with Crippen LogP contribution in [0.2, 0.25) is 0 Å². The van der Waals surface area contributed by atoms with Crippen molar-refractivity contribution in [1.82, 2.24) is 0 Å². The van der Waals surface area contributed by atoms with Crippen molar-refractivity contribution in [3.63, 3.8) is 0 Å². The zero-order chi connectivity index (χ0) is 56.4. The average Bonchev–Trinajstić information content (AvgIpc) is 1.21. The molecule has 0 aliphatic carbocycles. The Labute approximate surface area is 475 Å². The lowest BCUT2D eigenvalue weighted by Crippen LogP contribution is -2.61. The molecular weight excluding hydrogens is 964 g/mol. The Balaban J connectivity index is 1.22. The molecule has 0 aromatic heterocycles. The van der Waals surface area contributed by atoms with E-state index in [0.29, 0.717) is 11.1 Å². The molecule has 12 aromatic rings. The molecule has 0 radical (unpaired) electrons. The number of hydrogen-bond donors (Lipinski definition) is 0. The largest absolute Gasteiger partial charge is 0.310 e. The van der Waals surface area contributed by atoms with Gasteiger partial charge < -0.3 is 9.80 Å².